The van der Waals surface area contributed by atoms with E-state index in [9.17, 15) is 52.6 Å². The van der Waals surface area contributed by atoms with Crippen molar-refractivity contribution in [1.29, 1.82) is 0 Å². The molecule has 0 aromatic heterocycles. The maximum Gasteiger partial charge on any atom is 0.234 e. The molecule has 3 atom stereocenters. The van der Waals surface area contributed by atoms with Gasteiger partial charge in [-0.2, -0.15) is 13.1 Å². The van der Waals surface area contributed by atoms with E-state index in [1.165, 1.54) is 26.0 Å². The second-order valence-electron chi connectivity index (χ2n) is 18.6. The van der Waals surface area contributed by atoms with Crippen LogP contribution < -0.4 is 10.2 Å². The van der Waals surface area contributed by atoms with Crippen LogP contribution in [0.1, 0.15) is 84.8 Å². The van der Waals surface area contributed by atoms with Crippen LogP contribution in [0.5, 0.6) is 0 Å². The van der Waals surface area contributed by atoms with Gasteiger partial charge >= 0.3 is 0 Å². The van der Waals surface area contributed by atoms with Gasteiger partial charge in [0.25, 0.3) is 0 Å². The fourth-order valence-electron chi connectivity index (χ4n) is 9.86. The molecule has 0 amide bonds. The van der Waals surface area contributed by atoms with Crippen molar-refractivity contribution in [2.45, 2.75) is 105 Å². The molecule has 68 heavy (non-hydrogen) atoms. The molecule has 0 saturated heterocycles. The monoisotopic (exact) mass is 1030 g/mol. The maximum absolute atomic E-state index is 13.9. The van der Waals surface area contributed by atoms with Crippen molar-refractivity contribution in [1.82, 2.24) is 0 Å². The van der Waals surface area contributed by atoms with Crippen LogP contribution in [0.2, 0.25) is 0 Å². The molecular weight excluding hydrogens is 977 g/mol. The van der Waals surface area contributed by atoms with Gasteiger partial charge in [-0.25, -0.2) is 29.5 Å². The molecule has 1 N–H and O–H groups in total. The second kappa shape index (κ2) is 18.8. The third-order valence-corrected chi connectivity index (χ3v) is 18.5. The van der Waals surface area contributed by atoms with Gasteiger partial charge in [-0.05, 0) is 134 Å². The Morgan fingerprint density at radius 2 is 1.47 bits per heavy atom. The minimum atomic E-state index is -4.75. The van der Waals surface area contributed by atoms with Crippen molar-refractivity contribution in [3.8, 4) is 0 Å². The number of hydrogen-bond donors (Lipinski definition) is 0. The Morgan fingerprint density at radius 3 is 2.12 bits per heavy atom. The van der Waals surface area contributed by atoms with E-state index in [0.29, 0.717) is 57.5 Å². The molecule has 4 aromatic rings. The number of rotatable bonds is 16. The number of benzene rings is 4. The van der Waals surface area contributed by atoms with Crippen LogP contribution in [0.25, 0.3) is 21.5 Å². The van der Waals surface area contributed by atoms with E-state index in [4.69, 9.17) is 0 Å². The van der Waals surface area contributed by atoms with Gasteiger partial charge in [0.1, 0.15) is 10.1 Å². The first-order chi connectivity index (χ1) is 31.6. The Kier molecular flexibility index (Phi) is 14.3. The molecule has 3 aliphatic rings. The topological polar surface area (TPSA) is 258 Å². The largest absolute Gasteiger partial charge is 0.748 e. The lowest BCUT2D eigenvalue weighted by molar-refractivity contribution is -0.777. The Morgan fingerprint density at radius 1 is 0.809 bits per heavy atom. The first-order valence-corrected chi connectivity index (χ1v) is 28.7. The third-order valence-electron chi connectivity index (χ3n) is 13.3. The predicted octanol–water partition coefficient (Wildman–Crippen LogP) is 6.96. The maximum atomic E-state index is 13.9. The van der Waals surface area contributed by atoms with Gasteiger partial charge in [0, 0.05) is 63.9 Å². The van der Waals surface area contributed by atoms with Crippen molar-refractivity contribution < 1.29 is 66.5 Å². The summed E-state index contributed by atoms with van der Waals surface area (Å²) < 4.78 is 140. The number of fused-ring (bicyclic) bond motifs is 6. The van der Waals surface area contributed by atoms with Crippen LogP contribution in [0.15, 0.2) is 117 Å². The summed E-state index contributed by atoms with van der Waals surface area (Å²) in [6.45, 7) is 11.0. The number of allylic oxidation sites excluding steroid dienone is 7. The summed E-state index contributed by atoms with van der Waals surface area (Å²) in [7, 11) is -17.6. The zero-order valence-corrected chi connectivity index (χ0v) is 42.5. The average molecular weight is 1030 g/mol. The summed E-state index contributed by atoms with van der Waals surface area (Å²) in [5, 5.41) is 14.6. The first kappa shape index (κ1) is 51.6. The first-order valence-electron chi connectivity index (χ1n) is 21.7. The standard InChI is InChI=1S/C47H54N2O14S5/c1-29(66(53,54)55)23-25-48-39-19-11-33-27-35(64-63-62-50)15-17-37(33)43(39)46(3,4)41(48)21-13-31-9-8-10-32(45(31)65(7,51)52)14-22-42-47(5,6)44-38-18-16-36(68(59,60)61)28-34(38)12-20-40(44)49(42)26-24-30(2)67(56,57)58/h11-22,27-30H,8-10,23-26H2,1-7H3,(H3-,50,53,54,55,56,57,58,59,60,61)/p-2. The number of nitrogens with zero attached hydrogens (tertiary/aromatic N) is 2. The van der Waals surface area contributed by atoms with Gasteiger partial charge < -0.3 is 23.8 Å². The Labute approximate surface area is 402 Å². The molecular formula is C47H52N2O14S5-2. The molecule has 0 bridgehead atoms. The highest BCUT2D eigenvalue weighted by molar-refractivity contribution is 7.95. The lowest BCUT2D eigenvalue weighted by atomic mass is 9.78. The quantitative estimate of drug-likeness (QED) is 0.0274. The Balaban J connectivity index is 1.35. The molecule has 2 heterocycles. The molecule has 0 radical (unpaired) electrons. The summed E-state index contributed by atoms with van der Waals surface area (Å²) in [5.41, 5.74) is 4.12. The third kappa shape index (κ3) is 10.2. The van der Waals surface area contributed by atoms with Crippen molar-refractivity contribution in [2.24, 2.45) is 0 Å². The fraction of sp³-hybridized carbons (Fsp3) is 0.383. The Bertz CT molecular complexity index is 3350. The van der Waals surface area contributed by atoms with Crippen LogP contribution in [0.4, 0.5) is 11.4 Å². The lowest BCUT2D eigenvalue weighted by Gasteiger charge is -2.29. The summed E-state index contributed by atoms with van der Waals surface area (Å²) in [6, 6.07) is 16.9. The van der Waals surface area contributed by atoms with Crippen LogP contribution in [-0.4, -0.2) is 87.5 Å². The summed E-state index contributed by atoms with van der Waals surface area (Å²) in [6.07, 6.45) is 9.85. The lowest BCUT2D eigenvalue weighted by Crippen LogP contribution is -2.30. The van der Waals surface area contributed by atoms with E-state index < -0.39 is 61.5 Å². The summed E-state index contributed by atoms with van der Waals surface area (Å²) >= 11 is 0.755. The Hall–Kier alpha value is -4.26. The smallest absolute Gasteiger partial charge is 0.234 e. The van der Waals surface area contributed by atoms with E-state index in [2.05, 4.69) is 9.37 Å². The van der Waals surface area contributed by atoms with E-state index in [-0.39, 0.29) is 35.7 Å². The molecule has 1 aliphatic carbocycles. The summed E-state index contributed by atoms with van der Waals surface area (Å²) in [5.74, 6) is 0. The van der Waals surface area contributed by atoms with Crippen molar-refractivity contribution in [3.63, 3.8) is 0 Å². The van der Waals surface area contributed by atoms with Gasteiger partial charge in [0.15, 0.2) is 22.1 Å². The van der Waals surface area contributed by atoms with Crippen LogP contribution >= 0.6 is 12.0 Å². The highest BCUT2D eigenvalue weighted by Gasteiger charge is 2.46. The van der Waals surface area contributed by atoms with Gasteiger partial charge in [0.2, 0.25) is 15.8 Å². The molecule has 2 aliphatic heterocycles. The zero-order valence-electron chi connectivity index (χ0n) is 38.4. The predicted molar refractivity (Wildman–Crippen MR) is 257 cm³/mol. The number of anilines is 1. The molecule has 366 valence electrons. The molecule has 0 saturated carbocycles. The highest BCUT2D eigenvalue weighted by atomic mass is 32.2. The van der Waals surface area contributed by atoms with Gasteiger partial charge in [-0.15, -0.1) is 0 Å². The molecule has 4 aromatic carbocycles. The van der Waals surface area contributed by atoms with Gasteiger partial charge in [-0.1, -0.05) is 44.2 Å². The normalized spacial score (nSPS) is 20.5. The molecule has 16 nitrogen and oxygen atoms in total. The van der Waals surface area contributed by atoms with Crippen molar-refractivity contribution in [2.75, 3.05) is 24.2 Å². The molecule has 0 spiro atoms. The molecule has 3 unspecified atom stereocenters. The molecule has 21 heteroatoms. The SMILES string of the molecule is CC(CCN1/C(=C/C=C2\CCCC(/C=C/C3=[N+](CCC(C)S(=O)([O-])=[OH+])c4ccc5cc(S(=O)(=O)[O-])ccc5c4C3(C)C)=C2S(C)(=O)=O)C(C)(C)c2c1ccc1cc(SOO[O-])ccc21)S(=O)(=O)[O-]. The van der Waals surface area contributed by atoms with Crippen molar-refractivity contribution in [3.05, 3.63) is 118 Å². The molecule has 0 fully saturated rings. The van der Waals surface area contributed by atoms with E-state index in [0.717, 1.165) is 51.6 Å². The van der Waals surface area contributed by atoms with E-state index in [1.54, 1.807) is 36.4 Å². The molecule has 7 rings (SSSR count). The highest BCUT2D eigenvalue weighted by Crippen LogP contribution is 2.52. The van der Waals surface area contributed by atoms with Crippen molar-refractivity contribution >= 4 is 90.9 Å². The summed E-state index contributed by atoms with van der Waals surface area (Å²) in [4.78, 5) is 2.33. The minimum Gasteiger partial charge on any atom is -0.748 e. The van der Waals surface area contributed by atoms with Crippen LogP contribution in [-0.2, 0) is 60.4 Å². The minimum absolute atomic E-state index is 0.0164. The number of sulfone groups is 1. The average Bonchev–Trinajstić information content (AvgIpc) is 3.60. The number of hydrogen-bond acceptors (Lipinski definition) is 15. The van der Waals surface area contributed by atoms with Crippen LogP contribution in [0, 0.1) is 0 Å². The van der Waals surface area contributed by atoms with Gasteiger partial charge in [0.05, 0.1) is 42.6 Å². The van der Waals surface area contributed by atoms with Crippen LogP contribution in [0.3, 0.4) is 0 Å². The second-order valence-corrected chi connectivity index (χ2v) is 26.3. The van der Waals surface area contributed by atoms with Gasteiger partial charge in [-0.3, -0.25) is 5.04 Å². The zero-order chi connectivity index (χ0) is 49.9. The van der Waals surface area contributed by atoms with E-state index >= 15 is 0 Å². The van der Waals surface area contributed by atoms with E-state index in [1.807, 2.05) is 73.6 Å². The fourth-order valence-corrected chi connectivity index (χ4v) is 12.9.